The number of aromatic amines is 1. The van der Waals surface area contributed by atoms with Gasteiger partial charge in [-0.25, -0.2) is 9.37 Å². The van der Waals surface area contributed by atoms with Gasteiger partial charge >= 0.3 is 0 Å². The molecule has 13 heavy (non-hydrogen) atoms. The summed E-state index contributed by atoms with van der Waals surface area (Å²) in [5, 5.41) is 0. The van der Waals surface area contributed by atoms with Gasteiger partial charge in [0.2, 0.25) is 0 Å². The minimum Gasteiger partial charge on any atom is -0.343 e. The number of imidazole rings is 1. The molecule has 0 aromatic carbocycles. The van der Waals surface area contributed by atoms with Crippen molar-refractivity contribution in [2.24, 2.45) is 4.99 Å². The van der Waals surface area contributed by atoms with E-state index in [1.807, 2.05) is 0 Å². The third kappa shape index (κ3) is 2.11. The highest BCUT2D eigenvalue weighted by Crippen LogP contribution is 2.06. The van der Waals surface area contributed by atoms with Gasteiger partial charge in [0.1, 0.15) is 5.71 Å². The Kier molecular flexibility index (Phi) is 3.14. The standard InChI is InChI=1S/C9H10FN3/c1-3-4-7(10)8(11-2)9-12-5-6-13-9/h3-6H,1H2,2H3,(H,12,13)/b7-4+,11-8?. The maximum atomic E-state index is 13.2. The summed E-state index contributed by atoms with van der Waals surface area (Å²) in [6.07, 6.45) is 5.76. The third-order valence-electron chi connectivity index (χ3n) is 1.44. The minimum atomic E-state index is -0.451. The number of H-pyrrole nitrogens is 1. The molecule has 0 saturated heterocycles. The van der Waals surface area contributed by atoms with Crippen molar-refractivity contribution in [1.82, 2.24) is 9.97 Å². The lowest BCUT2D eigenvalue weighted by atomic mass is 10.3. The van der Waals surface area contributed by atoms with Gasteiger partial charge in [0.25, 0.3) is 0 Å². The van der Waals surface area contributed by atoms with E-state index in [0.29, 0.717) is 5.82 Å². The van der Waals surface area contributed by atoms with Crippen LogP contribution in [0.4, 0.5) is 4.39 Å². The topological polar surface area (TPSA) is 41.0 Å². The first kappa shape index (κ1) is 9.38. The van der Waals surface area contributed by atoms with Crippen LogP contribution in [0.5, 0.6) is 0 Å². The zero-order chi connectivity index (χ0) is 9.68. The van der Waals surface area contributed by atoms with Crippen LogP contribution >= 0.6 is 0 Å². The Morgan fingerprint density at radius 1 is 1.77 bits per heavy atom. The Balaban J connectivity index is 3.01. The van der Waals surface area contributed by atoms with Crippen LogP contribution in [-0.4, -0.2) is 22.7 Å². The van der Waals surface area contributed by atoms with Crippen LogP contribution in [0.3, 0.4) is 0 Å². The highest BCUT2D eigenvalue weighted by molar-refractivity contribution is 6.08. The van der Waals surface area contributed by atoms with Crippen molar-refractivity contribution in [2.75, 3.05) is 7.05 Å². The molecule has 1 rings (SSSR count). The van der Waals surface area contributed by atoms with E-state index in [4.69, 9.17) is 0 Å². The molecule has 0 unspecified atom stereocenters. The van der Waals surface area contributed by atoms with Gasteiger partial charge in [-0.05, 0) is 6.08 Å². The molecule has 1 heterocycles. The van der Waals surface area contributed by atoms with Gasteiger partial charge in [-0.3, -0.25) is 4.99 Å². The van der Waals surface area contributed by atoms with Gasteiger partial charge in [0.05, 0.1) is 0 Å². The number of allylic oxidation sites excluding steroid dienone is 3. The first-order chi connectivity index (χ1) is 6.29. The number of aliphatic imine (C=N–C) groups is 1. The molecule has 4 heteroatoms. The van der Waals surface area contributed by atoms with Gasteiger partial charge in [0.15, 0.2) is 11.7 Å². The number of rotatable bonds is 3. The van der Waals surface area contributed by atoms with Crippen molar-refractivity contribution < 1.29 is 4.39 Å². The molecule has 0 spiro atoms. The molecule has 0 fully saturated rings. The van der Waals surface area contributed by atoms with E-state index in [1.54, 1.807) is 12.4 Å². The first-order valence-electron chi connectivity index (χ1n) is 3.74. The van der Waals surface area contributed by atoms with Crippen molar-refractivity contribution in [1.29, 1.82) is 0 Å². The van der Waals surface area contributed by atoms with Gasteiger partial charge in [0, 0.05) is 19.4 Å². The van der Waals surface area contributed by atoms with Crippen LogP contribution < -0.4 is 0 Å². The Bertz CT molecular complexity index is 336. The number of nitrogens with zero attached hydrogens (tertiary/aromatic N) is 2. The third-order valence-corrected chi connectivity index (χ3v) is 1.44. The molecule has 0 atom stereocenters. The average Bonchev–Trinajstić information content (AvgIpc) is 2.59. The monoisotopic (exact) mass is 179 g/mol. The second kappa shape index (κ2) is 4.35. The van der Waals surface area contributed by atoms with E-state index >= 15 is 0 Å². The summed E-state index contributed by atoms with van der Waals surface area (Å²) in [5.41, 5.74) is 0.199. The predicted octanol–water partition coefficient (Wildman–Crippen LogP) is 1.87. The second-order valence-electron chi connectivity index (χ2n) is 2.26. The normalized spacial score (nSPS) is 13.1. The maximum Gasteiger partial charge on any atom is 0.158 e. The molecular formula is C9H10FN3. The maximum absolute atomic E-state index is 13.2. The molecule has 1 aromatic rings. The molecule has 3 nitrogen and oxygen atoms in total. The molecule has 0 bridgehead atoms. The summed E-state index contributed by atoms with van der Waals surface area (Å²) in [4.78, 5) is 10.4. The Morgan fingerprint density at radius 2 is 2.54 bits per heavy atom. The molecule has 1 N–H and O–H groups in total. The van der Waals surface area contributed by atoms with E-state index in [-0.39, 0.29) is 5.71 Å². The molecule has 0 aliphatic carbocycles. The zero-order valence-corrected chi connectivity index (χ0v) is 7.29. The quantitative estimate of drug-likeness (QED) is 0.558. The first-order valence-corrected chi connectivity index (χ1v) is 3.74. The highest BCUT2D eigenvalue weighted by Gasteiger charge is 2.09. The summed E-state index contributed by atoms with van der Waals surface area (Å²) in [6.45, 7) is 3.40. The van der Waals surface area contributed by atoms with Gasteiger partial charge in [-0.15, -0.1) is 0 Å². The summed E-state index contributed by atoms with van der Waals surface area (Å²) in [6, 6.07) is 0. The van der Waals surface area contributed by atoms with E-state index in [1.165, 1.54) is 19.2 Å². The van der Waals surface area contributed by atoms with E-state index in [0.717, 1.165) is 0 Å². The SMILES string of the molecule is C=C/C=C(/F)C(=NC)c1ncc[nH]1. The summed E-state index contributed by atoms with van der Waals surface area (Å²) < 4.78 is 13.2. The second-order valence-corrected chi connectivity index (χ2v) is 2.26. The lowest BCUT2D eigenvalue weighted by Crippen LogP contribution is -2.03. The van der Waals surface area contributed by atoms with Gasteiger partial charge in [-0.1, -0.05) is 12.7 Å². The largest absolute Gasteiger partial charge is 0.343 e. The number of nitrogens with one attached hydrogen (secondary N) is 1. The lowest BCUT2D eigenvalue weighted by molar-refractivity contribution is 0.680. The summed E-state index contributed by atoms with van der Waals surface area (Å²) in [7, 11) is 1.51. The van der Waals surface area contributed by atoms with E-state index in [2.05, 4.69) is 21.5 Å². The van der Waals surface area contributed by atoms with Crippen molar-refractivity contribution in [3.8, 4) is 0 Å². The van der Waals surface area contributed by atoms with Gasteiger partial charge in [-0.2, -0.15) is 0 Å². The van der Waals surface area contributed by atoms with Crippen LogP contribution in [0.15, 0.2) is 41.9 Å². The average molecular weight is 179 g/mol. The van der Waals surface area contributed by atoms with Crippen LogP contribution in [0.1, 0.15) is 5.82 Å². The van der Waals surface area contributed by atoms with Crippen molar-refractivity contribution in [3.63, 3.8) is 0 Å². The van der Waals surface area contributed by atoms with E-state index in [9.17, 15) is 4.39 Å². The molecule has 1 aromatic heterocycles. The number of hydrogen-bond donors (Lipinski definition) is 1. The van der Waals surface area contributed by atoms with Crippen LogP contribution in [0.2, 0.25) is 0 Å². The number of hydrogen-bond acceptors (Lipinski definition) is 2. The van der Waals surface area contributed by atoms with Crippen molar-refractivity contribution in [2.45, 2.75) is 0 Å². The highest BCUT2D eigenvalue weighted by atomic mass is 19.1. The fraction of sp³-hybridized carbons (Fsp3) is 0.111. The fourth-order valence-corrected chi connectivity index (χ4v) is 0.903. The summed E-state index contributed by atoms with van der Waals surface area (Å²) >= 11 is 0. The number of halogens is 1. The molecule has 0 aliphatic rings. The van der Waals surface area contributed by atoms with Crippen molar-refractivity contribution >= 4 is 5.71 Å². The van der Waals surface area contributed by atoms with E-state index < -0.39 is 5.83 Å². The number of aromatic nitrogens is 2. The molecule has 0 radical (unpaired) electrons. The molecule has 0 amide bonds. The Labute approximate surface area is 75.7 Å². The summed E-state index contributed by atoms with van der Waals surface area (Å²) in [5.74, 6) is -0.0365. The van der Waals surface area contributed by atoms with Crippen molar-refractivity contribution in [3.05, 3.63) is 42.8 Å². The Hall–Kier alpha value is -1.71. The molecule has 0 aliphatic heterocycles. The molecular weight excluding hydrogens is 169 g/mol. The zero-order valence-electron chi connectivity index (χ0n) is 7.29. The van der Waals surface area contributed by atoms with Crippen LogP contribution in [0.25, 0.3) is 0 Å². The molecule has 0 saturated carbocycles. The Morgan fingerprint density at radius 3 is 3.00 bits per heavy atom. The predicted molar refractivity (Wildman–Crippen MR) is 50.4 cm³/mol. The van der Waals surface area contributed by atoms with Crippen LogP contribution in [-0.2, 0) is 0 Å². The molecule has 68 valence electrons. The van der Waals surface area contributed by atoms with Gasteiger partial charge < -0.3 is 4.98 Å². The smallest absolute Gasteiger partial charge is 0.158 e. The lowest BCUT2D eigenvalue weighted by Gasteiger charge is -1.97. The fourth-order valence-electron chi connectivity index (χ4n) is 0.903. The minimum absolute atomic E-state index is 0.199. The van der Waals surface area contributed by atoms with Crippen LogP contribution in [0, 0.1) is 0 Å².